The standard InChI is InChI=1S/C20H15F4NO2/c21-16-8-13(20(22,23)24)6-7-14(16)15-9-19(15)10-17(26)25(18(19)27)11-12-4-2-1-3-5-12/h1-8,15H,9-11H2/t15-,19+/m1/s1. The molecule has 0 radical (unpaired) electrons. The zero-order chi connectivity index (χ0) is 19.4. The number of rotatable bonds is 3. The van der Waals surface area contributed by atoms with E-state index in [4.69, 9.17) is 0 Å². The molecule has 0 bridgehead atoms. The number of halogens is 4. The molecule has 1 heterocycles. The summed E-state index contributed by atoms with van der Waals surface area (Å²) >= 11 is 0. The van der Waals surface area contributed by atoms with Gasteiger partial charge in [-0.15, -0.1) is 0 Å². The van der Waals surface area contributed by atoms with Crippen molar-refractivity contribution in [2.45, 2.75) is 31.5 Å². The second-order valence-corrected chi connectivity index (χ2v) is 7.09. The van der Waals surface area contributed by atoms with E-state index in [9.17, 15) is 27.2 Å². The van der Waals surface area contributed by atoms with Crippen LogP contribution in [0, 0.1) is 11.2 Å². The minimum atomic E-state index is -4.63. The topological polar surface area (TPSA) is 37.4 Å². The Balaban J connectivity index is 1.57. The normalized spacial score (nSPS) is 24.7. The highest BCUT2D eigenvalue weighted by atomic mass is 19.4. The molecule has 0 N–H and O–H groups in total. The van der Waals surface area contributed by atoms with Gasteiger partial charge in [0.2, 0.25) is 11.8 Å². The summed E-state index contributed by atoms with van der Waals surface area (Å²) in [5.74, 6) is -2.27. The van der Waals surface area contributed by atoms with Crippen LogP contribution in [-0.4, -0.2) is 16.7 Å². The highest BCUT2D eigenvalue weighted by Crippen LogP contribution is 2.65. The Hall–Kier alpha value is -2.70. The number of hydrogen-bond acceptors (Lipinski definition) is 2. The Morgan fingerprint density at radius 1 is 1.07 bits per heavy atom. The van der Waals surface area contributed by atoms with Crippen molar-refractivity contribution >= 4 is 11.8 Å². The van der Waals surface area contributed by atoms with Crippen LogP contribution in [0.3, 0.4) is 0 Å². The molecule has 1 aliphatic carbocycles. The quantitative estimate of drug-likeness (QED) is 0.592. The molecule has 2 amide bonds. The van der Waals surface area contributed by atoms with E-state index in [2.05, 4.69) is 0 Å². The zero-order valence-electron chi connectivity index (χ0n) is 14.1. The van der Waals surface area contributed by atoms with Crippen molar-refractivity contribution in [3.8, 4) is 0 Å². The summed E-state index contributed by atoms with van der Waals surface area (Å²) < 4.78 is 52.4. The first-order valence-electron chi connectivity index (χ1n) is 8.48. The SMILES string of the molecule is O=C1C[C@]2(C[C@@H]2c2ccc(C(F)(F)F)cc2F)C(=O)N1Cc1ccccc1. The smallest absolute Gasteiger partial charge is 0.278 e. The van der Waals surface area contributed by atoms with Gasteiger partial charge in [-0.2, -0.15) is 13.2 Å². The molecule has 1 spiro atoms. The van der Waals surface area contributed by atoms with Gasteiger partial charge in [0.25, 0.3) is 0 Å². The Labute approximate surface area is 152 Å². The average molecular weight is 377 g/mol. The van der Waals surface area contributed by atoms with Crippen molar-refractivity contribution in [3.05, 3.63) is 71.0 Å². The molecule has 27 heavy (non-hydrogen) atoms. The van der Waals surface area contributed by atoms with E-state index in [1.165, 1.54) is 0 Å². The third kappa shape index (κ3) is 2.91. The fourth-order valence-electron chi connectivity index (χ4n) is 3.88. The fraction of sp³-hybridized carbons (Fsp3) is 0.300. The van der Waals surface area contributed by atoms with Gasteiger partial charge in [0.05, 0.1) is 17.5 Å². The summed E-state index contributed by atoms with van der Waals surface area (Å²) in [6.45, 7) is 0.141. The van der Waals surface area contributed by atoms with Crippen LogP contribution in [0.2, 0.25) is 0 Å². The van der Waals surface area contributed by atoms with Crippen LogP contribution < -0.4 is 0 Å². The number of likely N-dealkylation sites (tertiary alicyclic amines) is 1. The predicted molar refractivity (Wildman–Crippen MR) is 87.8 cm³/mol. The van der Waals surface area contributed by atoms with Crippen LogP contribution in [0.4, 0.5) is 17.6 Å². The number of amides is 2. The van der Waals surface area contributed by atoms with Gasteiger partial charge in [-0.25, -0.2) is 4.39 Å². The molecule has 0 unspecified atom stereocenters. The minimum absolute atomic E-state index is 0.0379. The molecule has 7 heteroatoms. The van der Waals surface area contributed by atoms with Crippen molar-refractivity contribution in [1.82, 2.24) is 4.90 Å². The maximum absolute atomic E-state index is 14.3. The van der Waals surface area contributed by atoms with Gasteiger partial charge in [-0.05, 0) is 29.7 Å². The Kier molecular flexibility index (Phi) is 3.87. The van der Waals surface area contributed by atoms with E-state index in [0.717, 1.165) is 22.6 Å². The van der Waals surface area contributed by atoms with E-state index < -0.39 is 28.9 Å². The Morgan fingerprint density at radius 3 is 2.41 bits per heavy atom. The summed E-state index contributed by atoms with van der Waals surface area (Å²) in [5.41, 5.74) is -1.23. The molecular weight excluding hydrogens is 362 g/mol. The second kappa shape index (κ2) is 5.90. The highest BCUT2D eigenvalue weighted by molar-refractivity contribution is 6.08. The number of benzene rings is 2. The first kappa shape index (κ1) is 17.7. The van der Waals surface area contributed by atoms with Crippen molar-refractivity contribution in [2.75, 3.05) is 0 Å². The molecule has 3 nitrogen and oxygen atoms in total. The summed E-state index contributed by atoms with van der Waals surface area (Å²) in [7, 11) is 0. The van der Waals surface area contributed by atoms with E-state index in [0.29, 0.717) is 6.07 Å². The van der Waals surface area contributed by atoms with Crippen molar-refractivity contribution < 1.29 is 27.2 Å². The lowest BCUT2D eigenvalue weighted by atomic mass is 9.96. The molecule has 2 aromatic carbocycles. The molecule has 2 atom stereocenters. The molecule has 1 saturated carbocycles. The number of nitrogens with zero attached hydrogens (tertiary/aromatic N) is 1. The monoisotopic (exact) mass is 377 g/mol. The van der Waals surface area contributed by atoms with Crippen LogP contribution in [0.5, 0.6) is 0 Å². The number of imide groups is 1. The lowest BCUT2D eigenvalue weighted by Crippen LogP contribution is -2.30. The molecule has 2 fully saturated rings. The summed E-state index contributed by atoms with van der Waals surface area (Å²) in [4.78, 5) is 26.3. The summed E-state index contributed by atoms with van der Waals surface area (Å²) in [6, 6.07) is 11.4. The lowest BCUT2D eigenvalue weighted by molar-refractivity contribution is -0.141. The van der Waals surface area contributed by atoms with Crippen LogP contribution >= 0.6 is 0 Å². The Morgan fingerprint density at radius 2 is 1.78 bits per heavy atom. The number of carbonyl (C=O) groups is 2. The van der Waals surface area contributed by atoms with Gasteiger partial charge < -0.3 is 0 Å². The first-order chi connectivity index (χ1) is 12.7. The third-order valence-electron chi connectivity index (χ3n) is 5.40. The number of alkyl halides is 3. The van der Waals surface area contributed by atoms with Gasteiger partial charge >= 0.3 is 6.18 Å². The fourth-order valence-corrected chi connectivity index (χ4v) is 3.88. The molecule has 140 valence electrons. The summed E-state index contributed by atoms with van der Waals surface area (Å²) in [6.07, 6.45) is -4.40. The third-order valence-corrected chi connectivity index (χ3v) is 5.40. The highest BCUT2D eigenvalue weighted by Gasteiger charge is 2.67. The summed E-state index contributed by atoms with van der Waals surface area (Å²) in [5, 5.41) is 0. The second-order valence-electron chi connectivity index (χ2n) is 7.09. The lowest BCUT2D eigenvalue weighted by Gasteiger charge is -2.15. The minimum Gasteiger partial charge on any atom is -0.278 e. The molecule has 1 saturated heterocycles. The molecule has 2 aliphatic rings. The van der Waals surface area contributed by atoms with Gasteiger partial charge in [0, 0.05) is 12.3 Å². The van der Waals surface area contributed by atoms with Crippen molar-refractivity contribution in [2.24, 2.45) is 5.41 Å². The van der Waals surface area contributed by atoms with E-state index >= 15 is 0 Å². The van der Waals surface area contributed by atoms with E-state index in [1.807, 2.05) is 6.07 Å². The van der Waals surface area contributed by atoms with E-state index in [-0.39, 0.29) is 36.8 Å². The average Bonchev–Trinajstić information content (AvgIpc) is 3.28. The van der Waals surface area contributed by atoms with Crippen molar-refractivity contribution in [3.63, 3.8) is 0 Å². The largest absolute Gasteiger partial charge is 0.416 e. The predicted octanol–water partition coefficient (Wildman–Crippen LogP) is 4.28. The van der Waals surface area contributed by atoms with Gasteiger partial charge in [0.15, 0.2) is 0 Å². The van der Waals surface area contributed by atoms with Crippen LogP contribution in [0.1, 0.15) is 35.4 Å². The van der Waals surface area contributed by atoms with Crippen molar-refractivity contribution in [1.29, 1.82) is 0 Å². The van der Waals surface area contributed by atoms with E-state index in [1.54, 1.807) is 24.3 Å². The maximum atomic E-state index is 14.3. The molecule has 1 aliphatic heterocycles. The number of carbonyl (C=O) groups excluding carboxylic acids is 2. The Bertz CT molecular complexity index is 925. The van der Waals surface area contributed by atoms with Gasteiger partial charge in [-0.3, -0.25) is 14.5 Å². The van der Waals surface area contributed by atoms with Crippen LogP contribution in [0.25, 0.3) is 0 Å². The maximum Gasteiger partial charge on any atom is 0.416 e. The molecule has 2 aromatic rings. The van der Waals surface area contributed by atoms with Gasteiger partial charge in [-0.1, -0.05) is 36.4 Å². The molecule has 4 rings (SSSR count). The first-order valence-corrected chi connectivity index (χ1v) is 8.48. The number of hydrogen-bond donors (Lipinski definition) is 0. The van der Waals surface area contributed by atoms with Gasteiger partial charge in [0.1, 0.15) is 5.82 Å². The molecule has 0 aromatic heterocycles. The van der Waals surface area contributed by atoms with Crippen LogP contribution in [-0.2, 0) is 22.3 Å². The zero-order valence-corrected chi connectivity index (χ0v) is 14.1. The molecular formula is C20H15F4NO2. The van der Waals surface area contributed by atoms with Crippen LogP contribution in [0.15, 0.2) is 48.5 Å².